The number of imidazole rings is 1. The van der Waals surface area contributed by atoms with Crippen LogP contribution < -0.4 is 11.1 Å². The van der Waals surface area contributed by atoms with Crippen molar-refractivity contribution in [3.63, 3.8) is 0 Å². The number of ether oxygens (including phenoxy) is 1. The molecule has 0 spiro atoms. The second-order valence-electron chi connectivity index (χ2n) is 8.42. The van der Waals surface area contributed by atoms with Crippen molar-refractivity contribution < 1.29 is 56.3 Å². The Morgan fingerprint density at radius 3 is 2.49 bits per heavy atom. The van der Waals surface area contributed by atoms with E-state index in [1.165, 1.54) is 17.2 Å². The number of phosphoric ester groups is 1. The first kappa shape index (κ1) is 31.4. The van der Waals surface area contributed by atoms with Crippen LogP contribution in [0.2, 0.25) is 0 Å². The largest absolute Gasteiger partial charge is 0.490 e. The molecule has 1 saturated heterocycles. The average molecular weight is 634 g/mol. The number of nitrogens with one attached hydrogen (secondary N) is 1. The monoisotopic (exact) mass is 634 g/mol. The molecule has 4 rings (SSSR count). The van der Waals surface area contributed by atoms with Crippen LogP contribution in [0.4, 0.5) is 5.82 Å². The van der Waals surface area contributed by atoms with E-state index < -0.39 is 48.5 Å². The minimum atomic E-state index is -5.67. The van der Waals surface area contributed by atoms with Gasteiger partial charge in [0, 0.05) is 18.5 Å². The first-order valence-corrected chi connectivity index (χ1v) is 16.1. The minimum absolute atomic E-state index is 0.0119. The summed E-state index contributed by atoms with van der Waals surface area (Å²) in [6, 6.07) is 7.54. The third kappa shape index (κ3) is 8.71. The van der Waals surface area contributed by atoms with Crippen LogP contribution in [-0.2, 0) is 38.1 Å². The maximum Gasteiger partial charge on any atom is 0.490 e. The first-order chi connectivity index (χ1) is 19.3. The lowest BCUT2D eigenvalue weighted by Gasteiger charge is -2.19. The fourth-order valence-corrected chi connectivity index (χ4v) is 6.77. The summed E-state index contributed by atoms with van der Waals surface area (Å²) in [5.41, 5.74) is 7.95. The Hall–Kier alpha value is -2.58. The second kappa shape index (κ2) is 12.7. The molecule has 21 heteroatoms. The summed E-state index contributed by atoms with van der Waals surface area (Å²) >= 11 is 0. The van der Waals surface area contributed by atoms with Crippen LogP contribution >= 0.6 is 23.5 Å². The van der Waals surface area contributed by atoms with Gasteiger partial charge in [-0.1, -0.05) is 24.0 Å². The van der Waals surface area contributed by atoms with Gasteiger partial charge in [0.1, 0.15) is 18.7 Å². The Morgan fingerprint density at radius 1 is 1.07 bits per heavy atom. The number of anilines is 1. The molecule has 0 saturated carbocycles. The molecule has 0 radical (unpaired) electrons. The maximum absolute atomic E-state index is 12.0. The molecule has 8 N–H and O–H groups in total. The molecule has 0 amide bonds. The van der Waals surface area contributed by atoms with Crippen molar-refractivity contribution in [1.82, 2.24) is 19.5 Å². The van der Waals surface area contributed by atoms with Crippen LogP contribution in [0, 0.1) is 11.8 Å². The molecule has 3 heterocycles. The highest BCUT2D eigenvalue weighted by Crippen LogP contribution is 2.66. The number of hydrogen-bond acceptors (Lipinski definition) is 13. The minimum Gasteiger partial charge on any atom is -0.390 e. The quantitative estimate of drug-likeness (QED) is 0.113. The molecule has 2 unspecified atom stereocenters. The Kier molecular flexibility index (Phi) is 9.74. The lowest BCUT2D eigenvalue weighted by atomic mass is 10.1. The second-order valence-corrected chi connectivity index (χ2v) is 12.8. The number of fused-ring (bicyclic) bond motifs is 1. The third-order valence-electron chi connectivity index (χ3n) is 5.44. The van der Waals surface area contributed by atoms with Crippen molar-refractivity contribution in [3.05, 3.63) is 48.0 Å². The summed E-state index contributed by atoms with van der Waals surface area (Å²) in [6.45, 7) is -0.107. The van der Waals surface area contributed by atoms with Gasteiger partial charge in [-0.25, -0.2) is 28.6 Å². The Bertz CT molecular complexity index is 1590. The van der Waals surface area contributed by atoms with E-state index in [2.05, 4.69) is 45.3 Å². The first-order valence-electron chi connectivity index (χ1n) is 11.6. The molecule has 18 nitrogen and oxygen atoms in total. The molecule has 1 aromatic carbocycles. The van der Waals surface area contributed by atoms with Crippen molar-refractivity contribution in [3.8, 4) is 11.8 Å². The Labute approximate surface area is 231 Å². The van der Waals surface area contributed by atoms with Crippen molar-refractivity contribution in [2.75, 3.05) is 18.5 Å². The molecule has 222 valence electrons. The van der Waals surface area contributed by atoms with Gasteiger partial charge in [0.25, 0.3) is 0 Å². The number of nitrogens with zero attached hydrogens (tertiary/aromatic N) is 4. The van der Waals surface area contributed by atoms with E-state index in [1.54, 1.807) is 0 Å². The van der Waals surface area contributed by atoms with Crippen LogP contribution in [0.5, 0.6) is 0 Å². The van der Waals surface area contributed by atoms with Crippen LogP contribution in [0.25, 0.3) is 11.2 Å². The van der Waals surface area contributed by atoms with Gasteiger partial charge >= 0.3 is 23.5 Å². The normalized spacial score (nSPS) is 22.0. The van der Waals surface area contributed by atoms with Crippen LogP contribution in [0.15, 0.2) is 36.9 Å². The molecular formula is C20H25N6O12P3. The number of benzene rings is 1. The number of aromatic nitrogens is 4. The summed E-state index contributed by atoms with van der Waals surface area (Å²) in [5, 5.41) is 13.6. The van der Waals surface area contributed by atoms with Gasteiger partial charge in [0.2, 0.25) is 0 Å². The van der Waals surface area contributed by atoms with E-state index in [1.807, 2.05) is 24.3 Å². The van der Waals surface area contributed by atoms with Gasteiger partial charge in [0.05, 0.1) is 25.6 Å². The SMILES string of the molecule is NCC#Cc1ccc(CNc2ncnc3c2ncn3[C@H]2C[C@@H](O)[C@@H](COP(=O)(O)OP(=O)(O)OP(=O)(O)O)O2)cc1. The summed E-state index contributed by atoms with van der Waals surface area (Å²) < 4.78 is 53.3. The Balaban J connectivity index is 1.39. The summed E-state index contributed by atoms with van der Waals surface area (Å²) in [7, 11) is -16.6. The highest BCUT2D eigenvalue weighted by atomic mass is 31.3. The van der Waals surface area contributed by atoms with Crippen LogP contribution in [-0.4, -0.2) is 69.6 Å². The smallest absolute Gasteiger partial charge is 0.390 e. The van der Waals surface area contributed by atoms with E-state index in [9.17, 15) is 28.6 Å². The molecule has 3 aromatic rings. The molecule has 1 aliphatic rings. The lowest BCUT2D eigenvalue weighted by Crippen LogP contribution is -2.26. The summed E-state index contributed by atoms with van der Waals surface area (Å²) in [5.74, 6) is 6.17. The van der Waals surface area contributed by atoms with Gasteiger partial charge in [-0.3, -0.25) is 9.09 Å². The van der Waals surface area contributed by atoms with Crippen LogP contribution in [0.3, 0.4) is 0 Å². The topological polar surface area (TPSA) is 271 Å². The number of aliphatic hydroxyl groups is 1. The molecule has 5 atom stereocenters. The van der Waals surface area contributed by atoms with E-state index in [-0.39, 0.29) is 13.0 Å². The zero-order valence-corrected chi connectivity index (χ0v) is 23.5. The highest BCUT2D eigenvalue weighted by Gasteiger charge is 2.43. The fraction of sp³-hybridized carbons (Fsp3) is 0.350. The lowest BCUT2D eigenvalue weighted by molar-refractivity contribution is -0.0423. The zero-order valence-electron chi connectivity index (χ0n) is 20.8. The Morgan fingerprint density at radius 2 is 1.80 bits per heavy atom. The number of hydrogen-bond donors (Lipinski definition) is 7. The fourth-order valence-electron chi connectivity index (χ4n) is 3.74. The molecule has 1 aliphatic heterocycles. The van der Waals surface area contributed by atoms with Gasteiger partial charge < -0.3 is 40.5 Å². The van der Waals surface area contributed by atoms with Crippen molar-refractivity contribution in [2.24, 2.45) is 5.73 Å². The number of aliphatic hydroxyl groups excluding tert-OH is 1. The van der Waals surface area contributed by atoms with Crippen molar-refractivity contribution in [1.29, 1.82) is 0 Å². The predicted molar refractivity (Wildman–Crippen MR) is 139 cm³/mol. The molecular weight excluding hydrogens is 609 g/mol. The molecule has 1 fully saturated rings. The average Bonchev–Trinajstić information content (AvgIpc) is 3.47. The third-order valence-corrected chi connectivity index (χ3v) is 9.24. The molecule has 0 bridgehead atoms. The van der Waals surface area contributed by atoms with Gasteiger partial charge in [-0.05, 0) is 17.7 Å². The standard InChI is InChI=1S/C20H25N6O12P3/c21-7-1-2-13-3-5-14(6-4-13)9-22-19-18-20(24-11-23-19)26(12-25-18)17-8-15(27)16(36-17)10-35-40(31,32)38-41(33,34)37-39(28,29)30/h3-6,11-12,15-17,27H,7-10,21H2,(H,31,32)(H,33,34)(H,22,23,24)(H2,28,29,30)/t15-,16-,17-/m1/s1. The summed E-state index contributed by atoms with van der Waals surface area (Å²) in [6.07, 6.45) is -0.554. The van der Waals surface area contributed by atoms with E-state index in [0.717, 1.165) is 11.1 Å². The van der Waals surface area contributed by atoms with Crippen LogP contribution in [0.1, 0.15) is 23.8 Å². The molecule has 41 heavy (non-hydrogen) atoms. The van der Waals surface area contributed by atoms with Crippen molar-refractivity contribution in [2.45, 2.75) is 31.4 Å². The zero-order chi connectivity index (χ0) is 29.8. The number of nitrogens with two attached hydrogens (primary N) is 1. The molecule has 0 aliphatic carbocycles. The number of phosphoric acid groups is 3. The number of rotatable bonds is 11. The van der Waals surface area contributed by atoms with Gasteiger partial charge in [-0.15, -0.1) is 0 Å². The van der Waals surface area contributed by atoms with Crippen molar-refractivity contribution >= 4 is 40.4 Å². The van der Waals surface area contributed by atoms with E-state index >= 15 is 0 Å². The highest BCUT2D eigenvalue weighted by molar-refractivity contribution is 7.66. The predicted octanol–water partition coefficient (Wildman–Crippen LogP) is 0.740. The van der Waals surface area contributed by atoms with E-state index in [0.29, 0.717) is 23.5 Å². The van der Waals surface area contributed by atoms with Gasteiger partial charge in [-0.2, -0.15) is 8.62 Å². The van der Waals surface area contributed by atoms with Gasteiger partial charge in [0.15, 0.2) is 17.0 Å². The molecule has 2 aromatic heterocycles. The maximum atomic E-state index is 12.0. The summed E-state index contributed by atoms with van der Waals surface area (Å²) in [4.78, 5) is 48.9. The van der Waals surface area contributed by atoms with E-state index in [4.69, 9.17) is 20.3 Å².